The van der Waals surface area contributed by atoms with Gasteiger partial charge in [0, 0.05) is 17.2 Å². The van der Waals surface area contributed by atoms with E-state index in [4.69, 9.17) is 9.84 Å². The van der Waals surface area contributed by atoms with Crippen LogP contribution < -0.4 is 15.7 Å². The van der Waals surface area contributed by atoms with Crippen molar-refractivity contribution in [3.63, 3.8) is 0 Å². The van der Waals surface area contributed by atoms with Crippen molar-refractivity contribution in [2.75, 3.05) is 18.5 Å². The number of nitrogens with zero attached hydrogens (tertiary/aromatic N) is 1. The summed E-state index contributed by atoms with van der Waals surface area (Å²) in [4.78, 5) is 29.7. The number of carbonyl (C=O) groups is 1. The molecule has 4 N–H and O–H groups in total. The summed E-state index contributed by atoms with van der Waals surface area (Å²) in [5.41, 5.74) is 2.91. The smallest absolute Gasteiger partial charge is 0.329 e. The first-order chi connectivity index (χ1) is 18.5. The first-order valence-corrected chi connectivity index (χ1v) is 12.8. The number of aliphatic hydroxyl groups is 1. The minimum Gasteiger partial charge on any atom is -0.493 e. The molecule has 1 aromatic heterocycles. The van der Waals surface area contributed by atoms with Crippen LogP contribution in [0.5, 0.6) is 11.6 Å². The Kier molecular flexibility index (Phi) is 7.33. The van der Waals surface area contributed by atoms with Crippen LogP contribution in [0.4, 0.5) is 5.69 Å². The van der Waals surface area contributed by atoms with Crippen LogP contribution >= 0.6 is 0 Å². The summed E-state index contributed by atoms with van der Waals surface area (Å²) < 4.78 is 6.52. The minimum absolute atomic E-state index is 0.105. The van der Waals surface area contributed by atoms with Crippen LogP contribution in [0.3, 0.4) is 0 Å². The van der Waals surface area contributed by atoms with Crippen LogP contribution in [0.25, 0.3) is 11.3 Å². The van der Waals surface area contributed by atoms with E-state index in [1.54, 1.807) is 24.3 Å². The molecule has 0 aliphatic heterocycles. The zero-order valence-electron chi connectivity index (χ0n) is 21.1. The number of aromatic amines is 1. The topological polar surface area (TPSA) is 117 Å². The Morgan fingerprint density at radius 1 is 1.05 bits per heavy atom. The number of aromatic hydroxyl groups is 1. The number of imidazole rings is 1. The molecule has 4 aromatic rings. The molecule has 1 saturated carbocycles. The Balaban J connectivity index is 1.48. The van der Waals surface area contributed by atoms with Gasteiger partial charge in [-0.15, -0.1) is 0 Å². The molecule has 0 bridgehead atoms. The number of ether oxygens (including phenoxy) is 1. The molecule has 38 heavy (non-hydrogen) atoms. The van der Waals surface area contributed by atoms with Crippen LogP contribution in [0.2, 0.25) is 0 Å². The number of hydrogen-bond acceptors (Lipinski definition) is 5. The zero-order valence-corrected chi connectivity index (χ0v) is 21.1. The fourth-order valence-corrected chi connectivity index (χ4v) is 4.76. The predicted octanol–water partition coefficient (Wildman–Crippen LogP) is 4.78. The maximum atomic E-state index is 13.7. The molecule has 3 aromatic carbocycles. The Hall–Kier alpha value is -4.30. The fraction of sp³-hybridized carbons (Fsp3) is 0.267. The quantitative estimate of drug-likeness (QED) is 0.244. The van der Waals surface area contributed by atoms with Gasteiger partial charge in [0.2, 0.25) is 11.8 Å². The normalized spacial score (nSPS) is 14.6. The van der Waals surface area contributed by atoms with E-state index in [0.717, 1.165) is 10.1 Å². The molecule has 2 atom stereocenters. The molecule has 1 aliphatic rings. The minimum atomic E-state index is -1.02. The van der Waals surface area contributed by atoms with Gasteiger partial charge in [0.15, 0.2) is 0 Å². The van der Waals surface area contributed by atoms with Gasteiger partial charge in [-0.2, -0.15) is 0 Å². The van der Waals surface area contributed by atoms with Gasteiger partial charge in [-0.1, -0.05) is 49.4 Å². The lowest BCUT2D eigenvalue weighted by molar-refractivity contribution is -0.120. The molecule has 0 radical (unpaired) electrons. The number of carbonyl (C=O) groups excluding carboxylic acids is 1. The summed E-state index contributed by atoms with van der Waals surface area (Å²) in [6, 6.07) is 23.0. The highest BCUT2D eigenvalue weighted by atomic mass is 16.5. The molecule has 1 heterocycles. The second-order valence-electron chi connectivity index (χ2n) is 9.62. The third-order valence-corrected chi connectivity index (χ3v) is 6.98. The van der Waals surface area contributed by atoms with Crippen LogP contribution in [-0.4, -0.2) is 38.9 Å². The van der Waals surface area contributed by atoms with Crippen molar-refractivity contribution >= 4 is 11.6 Å². The third kappa shape index (κ3) is 5.35. The summed E-state index contributed by atoms with van der Waals surface area (Å²) in [6.45, 7) is 1.92. The van der Waals surface area contributed by atoms with E-state index < -0.39 is 23.6 Å². The Morgan fingerprint density at radius 2 is 1.74 bits per heavy atom. The first kappa shape index (κ1) is 25.4. The zero-order chi connectivity index (χ0) is 26.6. The summed E-state index contributed by atoms with van der Waals surface area (Å²) >= 11 is 0. The number of anilines is 1. The van der Waals surface area contributed by atoms with E-state index in [1.807, 2.05) is 61.5 Å². The highest BCUT2D eigenvalue weighted by molar-refractivity contribution is 5.94. The van der Waals surface area contributed by atoms with Crippen LogP contribution in [0, 0.1) is 0 Å². The largest absolute Gasteiger partial charge is 0.493 e. The molecule has 1 amide bonds. The molecular weight excluding hydrogens is 482 g/mol. The van der Waals surface area contributed by atoms with E-state index in [0.29, 0.717) is 22.9 Å². The molecule has 5 rings (SSSR count). The van der Waals surface area contributed by atoms with Gasteiger partial charge in [0.25, 0.3) is 0 Å². The SMILES string of the molecule is C[C@@H](c1ccccc1)[C@@H](C(=O)Nc1ccc(C2CC2)cc1)n1c(O)c(-c2ccc(OCCO)cc2)[nH]c1=O. The van der Waals surface area contributed by atoms with Crippen LogP contribution in [-0.2, 0) is 4.79 Å². The molecule has 1 fully saturated rings. The van der Waals surface area contributed by atoms with Crippen molar-refractivity contribution in [2.45, 2.75) is 37.6 Å². The highest BCUT2D eigenvalue weighted by Gasteiger charge is 2.33. The van der Waals surface area contributed by atoms with Crippen LogP contribution in [0.1, 0.15) is 48.8 Å². The molecule has 196 valence electrons. The van der Waals surface area contributed by atoms with Crippen molar-refractivity contribution in [1.29, 1.82) is 0 Å². The standard InChI is InChI=1S/C30H31N3O5/c1-19(20-5-3-2-4-6-20)27(28(35)31-24-13-9-22(10-14-24)21-7-8-21)33-29(36)26(32-30(33)37)23-11-15-25(16-12-23)38-18-17-34/h2-6,9-16,19,21,27,34,36H,7-8,17-18H2,1H3,(H,31,35)(H,32,37)/t19-,27-/m0/s1. The highest BCUT2D eigenvalue weighted by Crippen LogP contribution is 2.40. The number of nitrogens with one attached hydrogen (secondary N) is 2. The number of H-pyrrole nitrogens is 1. The molecular formula is C30H31N3O5. The van der Waals surface area contributed by atoms with Crippen molar-refractivity contribution in [2.24, 2.45) is 0 Å². The second kappa shape index (κ2) is 11.0. The van der Waals surface area contributed by atoms with E-state index in [2.05, 4.69) is 10.3 Å². The maximum Gasteiger partial charge on any atom is 0.329 e. The summed E-state index contributed by atoms with van der Waals surface area (Å²) in [6.07, 6.45) is 2.39. The van der Waals surface area contributed by atoms with Gasteiger partial charge in [-0.25, -0.2) is 9.36 Å². The lowest BCUT2D eigenvalue weighted by atomic mass is 9.92. The summed E-state index contributed by atoms with van der Waals surface area (Å²) in [7, 11) is 0. The summed E-state index contributed by atoms with van der Waals surface area (Å²) in [5.74, 6) is -0.00727. The predicted molar refractivity (Wildman–Crippen MR) is 146 cm³/mol. The van der Waals surface area contributed by atoms with Crippen LogP contribution in [0.15, 0.2) is 83.7 Å². The van der Waals surface area contributed by atoms with Gasteiger partial charge in [-0.05, 0) is 66.3 Å². The Labute approximate surface area is 220 Å². The number of rotatable bonds is 10. The number of aliphatic hydroxyl groups excluding tert-OH is 1. The average molecular weight is 514 g/mol. The van der Waals surface area contributed by atoms with Crippen molar-refractivity contribution in [3.05, 3.63) is 100 Å². The fourth-order valence-electron chi connectivity index (χ4n) is 4.76. The lowest BCUT2D eigenvalue weighted by Gasteiger charge is -2.25. The number of amides is 1. The lowest BCUT2D eigenvalue weighted by Crippen LogP contribution is -2.35. The molecule has 0 spiro atoms. The Morgan fingerprint density at radius 3 is 2.37 bits per heavy atom. The Bertz CT molecular complexity index is 1440. The van der Waals surface area contributed by atoms with Gasteiger partial charge in [-0.3, -0.25) is 4.79 Å². The van der Waals surface area contributed by atoms with E-state index >= 15 is 0 Å². The van der Waals surface area contributed by atoms with Gasteiger partial charge in [0.05, 0.1) is 6.61 Å². The van der Waals surface area contributed by atoms with Gasteiger partial charge >= 0.3 is 5.69 Å². The van der Waals surface area contributed by atoms with E-state index in [-0.39, 0.29) is 24.8 Å². The monoisotopic (exact) mass is 513 g/mol. The van der Waals surface area contributed by atoms with E-state index in [1.165, 1.54) is 18.4 Å². The van der Waals surface area contributed by atoms with Gasteiger partial charge in [0.1, 0.15) is 24.1 Å². The molecule has 0 saturated heterocycles. The number of aromatic nitrogens is 2. The van der Waals surface area contributed by atoms with Crippen molar-refractivity contribution in [1.82, 2.24) is 9.55 Å². The molecule has 8 heteroatoms. The first-order valence-electron chi connectivity index (χ1n) is 12.8. The summed E-state index contributed by atoms with van der Waals surface area (Å²) in [5, 5.41) is 23.1. The maximum absolute atomic E-state index is 13.7. The third-order valence-electron chi connectivity index (χ3n) is 6.98. The van der Waals surface area contributed by atoms with Gasteiger partial charge < -0.3 is 25.3 Å². The number of benzene rings is 3. The number of hydrogen-bond donors (Lipinski definition) is 4. The van der Waals surface area contributed by atoms with Crippen molar-refractivity contribution < 1.29 is 19.7 Å². The molecule has 8 nitrogen and oxygen atoms in total. The average Bonchev–Trinajstić information content (AvgIpc) is 3.75. The molecule has 1 aliphatic carbocycles. The van der Waals surface area contributed by atoms with Crippen molar-refractivity contribution in [3.8, 4) is 22.9 Å². The second-order valence-corrected chi connectivity index (χ2v) is 9.62. The molecule has 0 unspecified atom stereocenters. The van der Waals surface area contributed by atoms with E-state index in [9.17, 15) is 14.7 Å².